The molecule has 0 radical (unpaired) electrons. The van der Waals surface area contributed by atoms with Gasteiger partial charge in [0.05, 0.1) is 6.04 Å². The second-order valence-electron chi connectivity index (χ2n) is 7.49. The first-order chi connectivity index (χ1) is 12.4. The van der Waals surface area contributed by atoms with Gasteiger partial charge in [0.1, 0.15) is 17.1 Å². The number of para-hydroxylation sites is 1. The van der Waals surface area contributed by atoms with Gasteiger partial charge >= 0.3 is 0 Å². The van der Waals surface area contributed by atoms with Crippen LogP contribution in [0.4, 0.5) is 0 Å². The molecule has 0 unspecified atom stereocenters. The van der Waals surface area contributed by atoms with Crippen LogP contribution in [0.2, 0.25) is 0 Å². The van der Waals surface area contributed by atoms with Crippen LogP contribution in [0.5, 0.6) is 11.5 Å². The van der Waals surface area contributed by atoms with E-state index in [1.54, 1.807) is 0 Å². The molecule has 1 aliphatic heterocycles. The Labute approximate surface area is 155 Å². The zero-order valence-electron chi connectivity index (χ0n) is 15.9. The summed E-state index contributed by atoms with van der Waals surface area (Å²) >= 11 is 0. The van der Waals surface area contributed by atoms with E-state index < -0.39 is 6.10 Å². The minimum atomic E-state index is -0.518. The monoisotopic (exact) mass is 353 g/mol. The third-order valence-corrected chi connectivity index (χ3v) is 4.66. The minimum absolute atomic E-state index is 0.0851. The number of carbonyl (C=O) groups excluding carboxylic acids is 1. The van der Waals surface area contributed by atoms with Crippen LogP contribution in [0.25, 0.3) is 0 Å². The first-order valence-electron chi connectivity index (χ1n) is 9.19. The number of benzene rings is 2. The highest BCUT2D eigenvalue weighted by molar-refractivity contribution is 5.81. The first kappa shape index (κ1) is 18.3. The van der Waals surface area contributed by atoms with Gasteiger partial charge < -0.3 is 14.8 Å². The molecule has 0 bridgehead atoms. The third kappa shape index (κ3) is 4.18. The fourth-order valence-electron chi connectivity index (χ4n) is 3.30. The fraction of sp³-hybridized carbons (Fsp3) is 0.409. The van der Waals surface area contributed by atoms with Crippen LogP contribution in [-0.4, -0.2) is 17.6 Å². The van der Waals surface area contributed by atoms with Crippen molar-refractivity contribution in [2.24, 2.45) is 0 Å². The van der Waals surface area contributed by atoms with Gasteiger partial charge in [0.2, 0.25) is 0 Å². The van der Waals surface area contributed by atoms with Gasteiger partial charge in [-0.05, 0) is 45.4 Å². The van der Waals surface area contributed by atoms with Crippen LogP contribution in [0, 0.1) is 6.92 Å². The molecule has 138 valence electrons. The van der Waals surface area contributed by atoms with Gasteiger partial charge in [-0.15, -0.1) is 0 Å². The van der Waals surface area contributed by atoms with Crippen LogP contribution in [-0.2, 0) is 4.79 Å². The maximum atomic E-state index is 12.9. The quantitative estimate of drug-likeness (QED) is 0.856. The van der Waals surface area contributed by atoms with E-state index in [1.807, 2.05) is 76.2 Å². The van der Waals surface area contributed by atoms with Gasteiger partial charge in [0.15, 0.2) is 6.10 Å². The van der Waals surface area contributed by atoms with Crippen molar-refractivity contribution in [3.05, 3.63) is 59.7 Å². The van der Waals surface area contributed by atoms with Crippen molar-refractivity contribution in [3.8, 4) is 11.5 Å². The number of aryl methyl sites for hydroxylation is 1. The second-order valence-corrected chi connectivity index (χ2v) is 7.49. The van der Waals surface area contributed by atoms with E-state index in [9.17, 15) is 4.79 Å². The molecule has 2 atom stereocenters. The van der Waals surface area contributed by atoms with Gasteiger partial charge in [-0.3, -0.25) is 4.79 Å². The molecular weight excluding hydrogens is 326 g/mol. The molecule has 0 spiro atoms. The number of carbonyl (C=O) groups is 1. The van der Waals surface area contributed by atoms with Crippen molar-refractivity contribution < 1.29 is 14.3 Å². The van der Waals surface area contributed by atoms with Gasteiger partial charge in [0.25, 0.3) is 5.91 Å². The third-order valence-electron chi connectivity index (χ3n) is 4.66. The zero-order chi connectivity index (χ0) is 18.7. The van der Waals surface area contributed by atoms with Gasteiger partial charge in [-0.1, -0.05) is 42.8 Å². The molecule has 2 aromatic rings. The molecule has 0 saturated heterocycles. The number of hydrogen-bond donors (Lipinski definition) is 1. The lowest BCUT2D eigenvalue weighted by Crippen LogP contribution is -2.45. The van der Waals surface area contributed by atoms with Gasteiger partial charge in [0, 0.05) is 12.0 Å². The molecule has 0 aliphatic carbocycles. The topological polar surface area (TPSA) is 47.6 Å². The summed E-state index contributed by atoms with van der Waals surface area (Å²) in [5.41, 5.74) is 1.85. The maximum Gasteiger partial charge on any atom is 0.261 e. The zero-order valence-corrected chi connectivity index (χ0v) is 15.9. The van der Waals surface area contributed by atoms with Crippen LogP contribution in [0.1, 0.15) is 50.8 Å². The smallest absolute Gasteiger partial charge is 0.261 e. The van der Waals surface area contributed by atoms with E-state index in [4.69, 9.17) is 9.47 Å². The summed E-state index contributed by atoms with van der Waals surface area (Å²) in [5.74, 6) is 1.46. The number of fused-ring (bicyclic) bond motifs is 1. The predicted molar refractivity (Wildman–Crippen MR) is 103 cm³/mol. The molecule has 0 saturated carbocycles. The number of nitrogens with one attached hydrogen (secondary N) is 1. The Bertz CT molecular complexity index is 767. The molecule has 1 heterocycles. The molecule has 4 heteroatoms. The average molecular weight is 353 g/mol. The number of amides is 1. The Hall–Kier alpha value is -2.49. The van der Waals surface area contributed by atoms with Crippen LogP contribution >= 0.6 is 0 Å². The second kappa shape index (κ2) is 7.40. The van der Waals surface area contributed by atoms with E-state index >= 15 is 0 Å². The van der Waals surface area contributed by atoms with E-state index in [-0.39, 0.29) is 17.6 Å². The molecule has 2 aromatic carbocycles. The van der Waals surface area contributed by atoms with Crippen molar-refractivity contribution in [1.82, 2.24) is 5.32 Å². The Kier molecular flexibility index (Phi) is 5.21. The molecule has 26 heavy (non-hydrogen) atoms. The molecule has 3 rings (SSSR count). The molecule has 1 aliphatic rings. The van der Waals surface area contributed by atoms with Gasteiger partial charge in [-0.2, -0.15) is 0 Å². The number of rotatable bonds is 5. The van der Waals surface area contributed by atoms with E-state index in [1.165, 1.54) is 0 Å². The largest absolute Gasteiger partial charge is 0.487 e. The lowest BCUT2D eigenvalue weighted by atomic mass is 9.89. The number of ether oxygens (including phenoxy) is 2. The summed E-state index contributed by atoms with van der Waals surface area (Å²) in [6, 6.07) is 15.6. The summed E-state index contributed by atoms with van der Waals surface area (Å²) in [4.78, 5) is 12.9. The van der Waals surface area contributed by atoms with Crippen LogP contribution in [0.15, 0.2) is 48.5 Å². The Morgan fingerprint density at radius 1 is 1.23 bits per heavy atom. The van der Waals surface area contributed by atoms with E-state index in [0.717, 1.165) is 23.3 Å². The van der Waals surface area contributed by atoms with Crippen molar-refractivity contribution in [2.75, 3.05) is 0 Å². The molecule has 4 nitrogen and oxygen atoms in total. The van der Waals surface area contributed by atoms with Crippen molar-refractivity contribution in [2.45, 2.75) is 58.3 Å². The predicted octanol–water partition coefficient (Wildman–Crippen LogP) is 4.57. The highest BCUT2D eigenvalue weighted by Crippen LogP contribution is 2.39. The summed E-state index contributed by atoms with van der Waals surface area (Å²) in [5, 5.41) is 3.17. The number of hydrogen-bond acceptors (Lipinski definition) is 3. The Morgan fingerprint density at radius 2 is 1.92 bits per heavy atom. The van der Waals surface area contributed by atoms with Crippen molar-refractivity contribution in [1.29, 1.82) is 0 Å². The SMILES string of the molecule is CC[C@@H](Oc1ccc(C)cc1)C(=O)N[C@@H]1CC(C)(C)Oc2ccccc21. The highest BCUT2D eigenvalue weighted by atomic mass is 16.5. The molecule has 0 fully saturated rings. The molecule has 0 aromatic heterocycles. The summed E-state index contributed by atoms with van der Waals surface area (Å²) in [6.07, 6.45) is 0.806. The van der Waals surface area contributed by atoms with Crippen molar-refractivity contribution >= 4 is 5.91 Å². The summed E-state index contributed by atoms with van der Waals surface area (Å²) in [7, 11) is 0. The fourth-order valence-corrected chi connectivity index (χ4v) is 3.30. The van der Waals surface area contributed by atoms with E-state index in [2.05, 4.69) is 5.32 Å². The van der Waals surface area contributed by atoms with Crippen LogP contribution < -0.4 is 14.8 Å². The maximum absolute atomic E-state index is 12.9. The summed E-state index contributed by atoms with van der Waals surface area (Å²) in [6.45, 7) is 8.07. The molecule has 1 amide bonds. The van der Waals surface area contributed by atoms with Crippen molar-refractivity contribution in [3.63, 3.8) is 0 Å². The normalized spacial score (nSPS) is 19.0. The highest BCUT2D eigenvalue weighted by Gasteiger charge is 2.35. The summed E-state index contributed by atoms with van der Waals surface area (Å²) < 4.78 is 12.0. The molecule has 1 N–H and O–H groups in total. The lowest BCUT2D eigenvalue weighted by molar-refractivity contribution is -0.129. The average Bonchev–Trinajstić information content (AvgIpc) is 2.60. The minimum Gasteiger partial charge on any atom is -0.487 e. The molecular formula is C22H27NO3. The van der Waals surface area contributed by atoms with E-state index in [0.29, 0.717) is 12.2 Å². The standard InChI is InChI=1S/C22H27NO3/c1-5-19(25-16-12-10-15(2)11-13-16)21(24)23-18-14-22(3,4)26-20-9-7-6-8-17(18)20/h6-13,18-19H,5,14H2,1-4H3,(H,23,24)/t18-,19-/m1/s1. The Morgan fingerprint density at radius 3 is 2.62 bits per heavy atom. The lowest BCUT2D eigenvalue weighted by Gasteiger charge is -2.38. The first-order valence-corrected chi connectivity index (χ1v) is 9.19. The Balaban J connectivity index is 1.74. The van der Waals surface area contributed by atoms with Crippen LogP contribution in [0.3, 0.4) is 0 Å². The van der Waals surface area contributed by atoms with Gasteiger partial charge in [-0.25, -0.2) is 0 Å².